The third kappa shape index (κ3) is 2.59. The molecule has 1 aliphatic carbocycles. The molecular weight excluding hydrogens is 346 g/mol. The molecule has 0 saturated heterocycles. The number of aromatic nitrogens is 3. The third-order valence-corrected chi connectivity index (χ3v) is 5.07. The van der Waals surface area contributed by atoms with Crippen LogP contribution in [0.4, 0.5) is 0 Å². The van der Waals surface area contributed by atoms with Gasteiger partial charge >= 0.3 is 0 Å². The van der Waals surface area contributed by atoms with E-state index >= 15 is 0 Å². The molecule has 1 aliphatic rings. The minimum Gasteiger partial charge on any atom is -0.396 e. The summed E-state index contributed by atoms with van der Waals surface area (Å²) in [6, 6.07) is 8.15. The van der Waals surface area contributed by atoms with Gasteiger partial charge in [0, 0.05) is 18.1 Å². The van der Waals surface area contributed by atoms with Gasteiger partial charge in [0.2, 0.25) is 0 Å². The number of benzene rings is 1. The molecule has 1 heterocycles. The number of rotatable bonds is 5. The van der Waals surface area contributed by atoms with Crippen molar-refractivity contribution in [1.82, 2.24) is 14.8 Å². The number of nitrogens with zero attached hydrogens (tertiary/aromatic N) is 3. The summed E-state index contributed by atoms with van der Waals surface area (Å²) in [6.07, 6.45) is 4.12. The first-order valence-electron chi connectivity index (χ1n) is 7.43. The highest BCUT2D eigenvalue weighted by atomic mass is 79.9. The van der Waals surface area contributed by atoms with Crippen molar-refractivity contribution < 1.29 is 10.2 Å². The Bertz CT molecular complexity index is 665. The first-order valence-corrected chi connectivity index (χ1v) is 8.22. The van der Waals surface area contributed by atoms with E-state index in [4.69, 9.17) is 5.11 Å². The summed E-state index contributed by atoms with van der Waals surface area (Å²) < 4.78 is 2.93. The van der Waals surface area contributed by atoms with Crippen molar-refractivity contribution in [2.24, 2.45) is 7.05 Å². The molecule has 0 amide bonds. The molecule has 1 aromatic heterocycles. The van der Waals surface area contributed by atoms with E-state index in [-0.39, 0.29) is 12.0 Å². The van der Waals surface area contributed by atoms with Crippen LogP contribution in [0.15, 0.2) is 35.1 Å². The molecule has 1 aromatic carbocycles. The van der Waals surface area contributed by atoms with Crippen LogP contribution in [0.1, 0.15) is 37.1 Å². The summed E-state index contributed by atoms with van der Waals surface area (Å²) in [5, 5.41) is 28.0. The van der Waals surface area contributed by atoms with Gasteiger partial charge in [0.05, 0.1) is 11.0 Å². The van der Waals surface area contributed by atoms with E-state index < -0.39 is 5.60 Å². The fraction of sp³-hybridized carbons (Fsp3) is 0.500. The molecule has 5 nitrogen and oxygen atoms in total. The lowest BCUT2D eigenvalue weighted by molar-refractivity contribution is -0.0893. The summed E-state index contributed by atoms with van der Waals surface area (Å²) >= 11 is 3.52. The van der Waals surface area contributed by atoms with Gasteiger partial charge in [0.1, 0.15) is 12.2 Å². The molecule has 0 aliphatic heterocycles. The van der Waals surface area contributed by atoms with E-state index in [1.165, 1.54) is 0 Å². The van der Waals surface area contributed by atoms with E-state index in [0.717, 1.165) is 15.9 Å². The second-order valence-electron chi connectivity index (χ2n) is 6.26. The first-order chi connectivity index (χ1) is 10.5. The van der Waals surface area contributed by atoms with Gasteiger partial charge in [0.15, 0.2) is 0 Å². The van der Waals surface area contributed by atoms with Gasteiger partial charge in [0.25, 0.3) is 0 Å². The van der Waals surface area contributed by atoms with Gasteiger partial charge < -0.3 is 14.8 Å². The maximum Gasteiger partial charge on any atom is 0.143 e. The molecule has 0 spiro atoms. The Kier molecular flexibility index (Phi) is 4.09. The summed E-state index contributed by atoms with van der Waals surface area (Å²) in [7, 11) is 1.93. The van der Waals surface area contributed by atoms with Gasteiger partial charge in [-0.2, -0.15) is 0 Å². The second kappa shape index (κ2) is 5.76. The van der Waals surface area contributed by atoms with E-state index in [2.05, 4.69) is 38.3 Å². The molecule has 6 heteroatoms. The summed E-state index contributed by atoms with van der Waals surface area (Å²) in [5.74, 6) is 0.874. The van der Waals surface area contributed by atoms with Crippen molar-refractivity contribution >= 4 is 15.9 Å². The summed E-state index contributed by atoms with van der Waals surface area (Å²) in [4.78, 5) is 0. The average molecular weight is 366 g/mol. The molecule has 1 fully saturated rings. The van der Waals surface area contributed by atoms with Crippen molar-refractivity contribution in [2.45, 2.75) is 36.7 Å². The van der Waals surface area contributed by atoms with Gasteiger partial charge in [-0.25, -0.2) is 0 Å². The Labute approximate surface area is 138 Å². The molecule has 0 atom stereocenters. The number of halogens is 1. The van der Waals surface area contributed by atoms with Crippen LogP contribution in [-0.4, -0.2) is 37.2 Å². The zero-order valence-corrected chi connectivity index (χ0v) is 14.1. The smallest absolute Gasteiger partial charge is 0.143 e. The SMILES string of the molecule is Cn1cnnc1C1(c2cccc(Br)c2)CC(O)(CCCO)C1. The van der Waals surface area contributed by atoms with Crippen LogP contribution in [0.5, 0.6) is 0 Å². The number of aliphatic hydroxyl groups excluding tert-OH is 1. The van der Waals surface area contributed by atoms with Crippen LogP contribution in [-0.2, 0) is 12.5 Å². The van der Waals surface area contributed by atoms with Crippen LogP contribution in [0.2, 0.25) is 0 Å². The Morgan fingerprint density at radius 1 is 1.36 bits per heavy atom. The molecule has 0 unspecified atom stereocenters. The highest BCUT2D eigenvalue weighted by Crippen LogP contribution is 2.55. The first kappa shape index (κ1) is 15.6. The minimum atomic E-state index is -0.739. The van der Waals surface area contributed by atoms with Crippen LogP contribution in [0.3, 0.4) is 0 Å². The van der Waals surface area contributed by atoms with Crippen LogP contribution >= 0.6 is 15.9 Å². The highest BCUT2D eigenvalue weighted by molar-refractivity contribution is 9.10. The quantitative estimate of drug-likeness (QED) is 0.851. The second-order valence-corrected chi connectivity index (χ2v) is 7.18. The molecule has 3 rings (SSSR count). The van der Waals surface area contributed by atoms with Crippen LogP contribution < -0.4 is 0 Å². The molecular formula is C16H20BrN3O2. The van der Waals surface area contributed by atoms with Crippen molar-refractivity contribution in [2.75, 3.05) is 6.61 Å². The fourth-order valence-corrected chi connectivity index (χ4v) is 4.05. The van der Waals surface area contributed by atoms with Crippen molar-refractivity contribution in [1.29, 1.82) is 0 Å². The van der Waals surface area contributed by atoms with Crippen molar-refractivity contribution in [3.63, 3.8) is 0 Å². The van der Waals surface area contributed by atoms with E-state index in [1.807, 2.05) is 23.7 Å². The molecule has 22 heavy (non-hydrogen) atoms. The molecule has 2 N–H and O–H groups in total. The topological polar surface area (TPSA) is 71.2 Å². The van der Waals surface area contributed by atoms with Gasteiger partial charge in [-0.1, -0.05) is 28.1 Å². The zero-order chi connectivity index (χ0) is 15.8. The van der Waals surface area contributed by atoms with E-state index in [0.29, 0.717) is 25.7 Å². The number of hydrogen-bond donors (Lipinski definition) is 2. The standard InChI is InChI=1S/C16H20BrN3O2/c1-20-11-18-19-14(20)16(12-4-2-5-13(17)8-12)9-15(22,10-16)6-3-7-21/h2,4-5,8,11,21-22H,3,6-7,9-10H2,1H3. The largest absolute Gasteiger partial charge is 0.396 e. The number of aryl methyl sites for hydroxylation is 1. The Hall–Kier alpha value is -1.24. The van der Waals surface area contributed by atoms with Crippen LogP contribution in [0, 0.1) is 0 Å². The zero-order valence-electron chi connectivity index (χ0n) is 12.5. The van der Waals surface area contributed by atoms with Crippen LogP contribution in [0.25, 0.3) is 0 Å². The highest BCUT2D eigenvalue weighted by Gasteiger charge is 2.57. The van der Waals surface area contributed by atoms with Gasteiger partial charge in [-0.05, 0) is 43.4 Å². The normalized spacial score (nSPS) is 27.6. The monoisotopic (exact) mass is 365 g/mol. The van der Waals surface area contributed by atoms with Crippen molar-refractivity contribution in [3.05, 3.63) is 46.5 Å². The molecule has 2 aromatic rings. The Morgan fingerprint density at radius 3 is 2.73 bits per heavy atom. The summed E-state index contributed by atoms with van der Waals surface area (Å²) in [5.41, 5.74) is 0.0719. The van der Waals surface area contributed by atoms with E-state index in [9.17, 15) is 5.11 Å². The molecule has 118 valence electrons. The van der Waals surface area contributed by atoms with Crippen molar-refractivity contribution in [3.8, 4) is 0 Å². The lowest BCUT2D eigenvalue weighted by Crippen LogP contribution is -2.56. The lowest BCUT2D eigenvalue weighted by atomic mass is 9.54. The maximum absolute atomic E-state index is 10.7. The predicted molar refractivity (Wildman–Crippen MR) is 86.4 cm³/mol. The average Bonchev–Trinajstić information content (AvgIpc) is 2.88. The Morgan fingerprint density at radius 2 is 2.14 bits per heavy atom. The molecule has 0 radical (unpaired) electrons. The fourth-order valence-electron chi connectivity index (χ4n) is 3.65. The maximum atomic E-state index is 10.7. The van der Waals surface area contributed by atoms with Gasteiger partial charge in [-0.3, -0.25) is 0 Å². The molecule has 1 saturated carbocycles. The minimum absolute atomic E-state index is 0.107. The number of aliphatic hydroxyl groups is 2. The number of hydrogen-bond acceptors (Lipinski definition) is 4. The van der Waals surface area contributed by atoms with E-state index in [1.54, 1.807) is 6.33 Å². The summed E-state index contributed by atoms with van der Waals surface area (Å²) in [6.45, 7) is 0.107. The lowest BCUT2D eigenvalue weighted by Gasteiger charge is -2.53. The Balaban J connectivity index is 1.98. The molecule has 0 bridgehead atoms. The third-order valence-electron chi connectivity index (χ3n) is 4.58. The van der Waals surface area contributed by atoms with Gasteiger partial charge in [-0.15, -0.1) is 10.2 Å². The predicted octanol–water partition coefficient (Wildman–Crippen LogP) is 2.16.